The molecule has 0 fully saturated rings. The van der Waals surface area contributed by atoms with E-state index in [1.165, 1.54) is 17.3 Å². The Labute approximate surface area is 132 Å². The number of carbonyl (C=O) groups is 1. The van der Waals surface area contributed by atoms with E-state index in [0.29, 0.717) is 10.6 Å². The van der Waals surface area contributed by atoms with Crippen molar-refractivity contribution in [2.24, 2.45) is 0 Å². The molecule has 1 aromatic rings. The molecule has 0 radical (unpaired) electrons. The highest BCUT2D eigenvalue weighted by atomic mass is 32.2. The molecule has 0 saturated heterocycles. The standard InChI is InChI=1S/C18H23NOS/c1-6-8-21-14(5)19-18(20)17-11-15(7-2)10-16(12-17)9-13(3)4/h6,8-12H,5,7H2,1-4H3,(H,19,20)/b8-6-. The van der Waals surface area contributed by atoms with Gasteiger partial charge in [0, 0.05) is 5.56 Å². The van der Waals surface area contributed by atoms with Crippen molar-refractivity contribution in [3.63, 3.8) is 0 Å². The summed E-state index contributed by atoms with van der Waals surface area (Å²) in [6.07, 6.45) is 4.89. The van der Waals surface area contributed by atoms with E-state index in [4.69, 9.17) is 0 Å². The molecular formula is C18H23NOS. The fraction of sp³-hybridized carbons (Fsp3) is 0.278. The Hall–Kier alpha value is -1.74. The van der Waals surface area contributed by atoms with E-state index < -0.39 is 0 Å². The number of benzene rings is 1. The molecule has 0 unspecified atom stereocenters. The van der Waals surface area contributed by atoms with E-state index in [9.17, 15) is 4.79 Å². The minimum atomic E-state index is -0.115. The van der Waals surface area contributed by atoms with Crippen molar-refractivity contribution in [1.82, 2.24) is 5.32 Å². The van der Waals surface area contributed by atoms with Gasteiger partial charge in [0.15, 0.2) is 0 Å². The molecule has 1 aromatic carbocycles. The summed E-state index contributed by atoms with van der Waals surface area (Å²) in [5.41, 5.74) is 4.10. The number of thioether (sulfide) groups is 1. The van der Waals surface area contributed by atoms with Crippen LogP contribution in [0.15, 0.2) is 46.9 Å². The van der Waals surface area contributed by atoms with Crippen LogP contribution >= 0.6 is 11.8 Å². The maximum Gasteiger partial charge on any atom is 0.256 e. The van der Waals surface area contributed by atoms with Gasteiger partial charge in [0.25, 0.3) is 5.91 Å². The third kappa shape index (κ3) is 6.05. The van der Waals surface area contributed by atoms with Crippen molar-refractivity contribution in [3.8, 4) is 0 Å². The first-order valence-corrected chi connectivity index (χ1v) is 7.91. The Morgan fingerprint density at radius 3 is 2.62 bits per heavy atom. The maximum absolute atomic E-state index is 12.3. The fourth-order valence-corrected chi connectivity index (χ4v) is 2.30. The van der Waals surface area contributed by atoms with Gasteiger partial charge in [0.2, 0.25) is 0 Å². The zero-order chi connectivity index (χ0) is 15.8. The molecule has 0 saturated carbocycles. The van der Waals surface area contributed by atoms with Crippen LogP contribution in [0.3, 0.4) is 0 Å². The monoisotopic (exact) mass is 301 g/mol. The lowest BCUT2D eigenvalue weighted by atomic mass is 10.0. The van der Waals surface area contributed by atoms with Crippen LogP contribution in [-0.2, 0) is 6.42 Å². The lowest BCUT2D eigenvalue weighted by molar-refractivity contribution is 0.0969. The quantitative estimate of drug-likeness (QED) is 0.788. The topological polar surface area (TPSA) is 29.1 Å². The minimum Gasteiger partial charge on any atom is -0.317 e. The number of hydrogen-bond donors (Lipinski definition) is 1. The molecule has 0 aliphatic rings. The molecule has 0 atom stereocenters. The first-order valence-electron chi connectivity index (χ1n) is 7.03. The SMILES string of the molecule is C=C(NC(=O)c1cc(C=C(C)C)cc(CC)c1)S/C=C\C. The predicted octanol–water partition coefficient (Wildman–Crippen LogP) is 5.14. The third-order valence-corrected chi connectivity index (χ3v) is 3.54. The molecule has 21 heavy (non-hydrogen) atoms. The van der Waals surface area contributed by atoms with E-state index in [1.807, 2.05) is 44.4 Å². The first-order chi connectivity index (χ1) is 9.96. The molecule has 1 N–H and O–H groups in total. The number of allylic oxidation sites excluding steroid dienone is 2. The highest BCUT2D eigenvalue weighted by molar-refractivity contribution is 8.05. The lowest BCUT2D eigenvalue weighted by Gasteiger charge is -2.09. The molecule has 0 bridgehead atoms. The van der Waals surface area contributed by atoms with Gasteiger partial charge in [-0.05, 0) is 55.9 Å². The predicted molar refractivity (Wildman–Crippen MR) is 94.2 cm³/mol. The van der Waals surface area contributed by atoms with E-state index in [0.717, 1.165) is 17.5 Å². The van der Waals surface area contributed by atoms with Gasteiger partial charge in [0.05, 0.1) is 5.03 Å². The van der Waals surface area contributed by atoms with Crippen molar-refractivity contribution in [2.45, 2.75) is 34.1 Å². The second-order valence-electron chi connectivity index (χ2n) is 5.00. The summed E-state index contributed by atoms with van der Waals surface area (Å²) in [6.45, 7) is 12.0. The van der Waals surface area contributed by atoms with E-state index >= 15 is 0 Å². The summed E-state index contributed by atoms with van der Waals surface area (Å²) in [4.78, 5) is 12.3. The average Bonchev–Trinajstić information content (AvgIpc) is 2.43. The normalized spacial score (nSPS) is 10.5. The van der Waals surface area contributed by atoms with Crippen molar-refractivity contribution >= 4 is 23.7 Å². The third-order valence-electron chi connectivity index (χ3n) is 2.74. The molecule has 2 nitrogen and oxygen atoms in total. The highest BCUT2D eigenvalue weighted by Gasteiger charge is 2.09. The van der Waals surface area contributed by atoms with Gasteiger partial charge in [-0.3, -0.25) is 4.79 Å². The van der Waals surface area contributed by atoms with Crippen LogP contribution in [0.5, 0.6) is 0 Å². The van der Waals surface area contributed by atoms with Crippen LogP contribution in [0.1, 0.15) is 49.2 Å². The van der Waals surface area contributed by atoms with Gasteiger partial charge in [-0.15, -0.1) is 0 Å². The number of aryl methyl sites for hydroxylation is 1. The Balaban J connectivity index is 2.98. The number of nitrogens with one attached hydrogen (secondary N) is 1. The van der Waals surface area contributed by atoms with Gasteiger partial charge in [-0.2, -0.15) is 0 Å². The van der Waals surface area contributed by atoms with Gasteiger partial charge in [-0.1, -0.05) is 49.1 Å². The fourth-order valence-electron chi connectivity index (χ4n) is 1.85. The Bertz CT molecular complexity index is 581. The summed E-state index contributed by atoms with van der Waals surface area (Å²) in [5.74, 6) is -0.115. The summed E-state index contributed by atoms with van der Waals surface area (Å²) >= 11 is 1.41. The van der Waals surface area contributed by atoms with Crippen LogP contribution < -0.4 is 5.32 Å². The second kappa shape index (κ2) is 8.53. The van der Waals surface area contributed by atoms with Crippen molar-refractivity contribution in [3.05, 3.63) is 63.6 Å². The minimum absolute atomic E-state index is 0.115. The molecule has 112 valence electrons. The molecule has 1 rings (SSSR count). The number of hydrogen-bond acceptors (Lipinski definition) is 2. The first kappa shape index (κ1) is 17.3. The van der Waals surface area contributed by atoms with Crippen LogP contribution in [0.25, 0.3) is 6.08 Å². The summed E-state index contributed by atoms with van der Waals surface area (Å²) in [5, 5.41) is 5.34. The molecule has 0 spiro atoms. The Morgan fingerprint density at radius 2 is 2.05 bits per heavy atom. The maximum atomic E-state index is 12.3. The lowest BCUT2D eigenvalue weighted by Crippen LogP contribution is -2.20. The summed E-state index contributed by atoms with van der Waals surface area (Å²) < 4.78 is 0. The van der Waals surface area contributed by atoms with Crippen molar-refractivity contribution in [1.29, 1.82) is 0 Å². The van der Waals surface area contributed by atoms with Crippen LogP contribution in [0.4, 0.5) is 0 Å². The number of rotatable bonds is 6. The molecule has 0 aliphatic heterocycles. The van der Waals surface area contributed by atoms with E-state index in [2.05, 4.69) is 31.0 Å². The smallest absolute Gasteiger partial charge is 0.256 e. The number of carbonyl (C=O) groups excluding carboxylic acids is 1. The second-order valence-corrected chi connectivity index (χ2v) is 6.00. The highest BCUT2D eigenvalue weighted by Crippen LogP contribution is 2.16. The van der Waals surface area contributed by atoms with E-state index in [1.54, 1.807) is 0 Å². The molecule has 3 heteroatoms. The molecule has 0 heterocycles. The molecule has 0 aromatic heterocycles. The molecular weight excluding hydrogens is 278 g/mol. The van der Waals surface area contributed by atoms with E-state index in [-0.39, 0.29) is 5.91 Å². The molecule has 0 aliphatic carbocycles. The number of amides is 1. The molecule has 1 amide bonds. The van der Waals surface area contributed by atoms with Crippen molar-refractivity contribution in [2.75, 3.05) is 0 Å². The summed E-state index contributed by atoms with van der Waals surface area (Å²) in [6, 6.07) is 5.97. The van der Waals surface area contributed by atoms with Gasteiger partial charge < -0.3 is 5.32 Å². The van der Waals surface area contributed by atoms with Gasteiger partial charge >= 0.3 is 0 Å². The van der Waals surface area contributed by atoms with Crippen LogP contribution in [0, 0.1) is 0 Å². The Morgan fingerprint density at radius 1 is 1.33 bits per heavy atom. The van der Waals surface area contributed by atoms with Crippen LogP contribution in [0.2, 0.25) is 0 Å². The zero-order valence-electron chi connectivity index (χ0n) is 13.2. The van der Waals surface area contributed by atoms with Gasteiger partial charge in [-0.25, -0.2) is 0 Å². The zero-order valence-corrected chi connectivity index (χ0v) is 14.0. The van der Waals surface area contributed by atoms with Crippen molar-refractivity contribution < 1.29 is 4.79 Å². The van der Waals surface area contributed by atoms with Crippen LogP contribution in [-0.4, -0.2) is 5.91 Å². The van der Waals surface area contributed by atoms with Gasteiger partial charge in [0.1, 0.15) is 0 Å². The largest absolute Gasteiger partial charge is 0.317 e. The Kier molecular flexibility index (Phi) is 7.03. The average molecular weight is 301 g/mol. The summed E-state index contributed by atoms with van der Waals surface area (Å²) in [7, 11) is 0.